The Morgan fingerprint density at radius 3 is 2.21 bits per heavy atom. The van der Waals surface area contributed by atoms with Crippen molar-refractivity contribution in [1.82, 2.24) is 0 Å². The molecule has 0 aromatic heterocycles. The van der Waals surface area contributed by atoms with Crippen molar-refractivity contribution >= 4 is 5.97 Å². The molecule has 0 spiro atoms. The molecule has 14 heavy (non-hydrogen) atoms. The monoisotopic (exact) mass is 203 g/mol. The van der Waals surface area contributed by atoms with Crippen molar-refractivity contribution in [3.8, 4) is 0 Å². The molecule has 0 aromatic carbocycles. The van der Waals surface area contributed by atoms with Gasteiger partial charge in [-0.1, -0.05) is 6.92 Å². The van der Waals surface area contributed by atoms with Gasteiger partial charge in [0, 0.05) is 17.6 Å². The number of aliphatic carboxylic acids is 1. The summed E-state index contributed by atoms with van der Waals surface area (Å²) in [6, 6.07) is 0. The van der Waals surface area contributed by atoms with Crippen molar-refractivity contribution in [3.63, 3.8) is 0 Å². The molecule has 0 saturated heterocycles. The Kier molecular flexibility index (Phi) is 4.55. The predicted molar refractivity (Wildman–Crippen MR) is 55.1 cm³/mol. The summed E-state index contributed by atoms with van der Waals surface area (Å²) < 4.78 is 5.28. The highest BCUT2D eigenvalue weighted by Gasteiger charge is 2.40. The standard InChI is InChI=1S/C10H21NO3/c1-5-14-7-10(4,6-8(12)13)9(2,3)11/h5-7,11H2,1-4H3,(H,12,13). The van der Waals surface area contributed by atoms with Crippen LogP contribution in [0.5, 0.6) is 0 Å². The molecule has 1 unspecified atom stereocenters. The van der Waals surface area contributed by atoms with Crippen LogP contribution >= 0.6 is 0 Å². The van der Waals surface area contributed by atoms with Gasteiger partial charge in [0.05, 0.1) is 13.0 Å². The van der Waals surface area contributed by atoms with Gasteiger partial charge in [0.1, 0.15) is 0 Å². The highest BCUT2D eigenvalue weighted by Crippen LogP contribution is 2.33. The minimum atomic E-state index is -0.842. The molecule has 0 aromatic rings. The lowest BCUT2D eigenvalue weighted by atomic mass is 9.72. The van der Waals surface area contributed by atoms with Crippen molar-refractivity contribution in [2.75, 3.05) is 13.2 Å². The number of carboxylic acids is 1. The van der Waals surface area contributed by atoms with Crippen molar-refractivity contribution in [3.05, 3.63) is 0 Å². The van der Waals surface area contributed by atoms with Gasteiger partial charge >= 0.3 is 5.97 Å². The molecule has 3 N–H and O–H groups in total. The van der Waals surface area contributed by atoms with Crippen LogP contribution in [0.25, 0.3) is 0 Å². The molecule has 1 atom stereocenters. The summed E-state index contributed by atoms with van der Waals surface area (Å²) in [6.45, 7) is 8.33. The van der Waals surface area contributed by atoms with E-state index in [4.69, 9.17) is 15.6 Å². The fraction of sp³-hybridized carbons (Fsp3) is 0.900. The average molecular weight is 203 g/mol. The molecule has 4 heteroatoms. The highest BCUT2D eigenvalue weighted by molar-refractivity contribution is 5.68. The van der Waals surface area contributed by atoms with Crippen molar-refractivity contribution in [1.29, 1.82) is 0 Å². The highest BCUT2D eigenvalue weighted by atomic mass is 16.5. The lowest BCUT2D eigenvalue weighted by molar-refractivity contribution is -0.142. The normalized spacial score (nSPS) is 16.4. The minimum Gasteiger partial charge on any atom is -0.481 e. The Morgan fingerprint density at radius 2 is 1.93 bits per heavy atom. The quantitative estimate of drug-likeness (QED) is 0.681. The van der Waals surface area contributed by atoms with Gasteiger partial charge in [0.25, 0.3) is 0 Å². The molecule has 0 aliphatic heterocycles. The fourth-order valence-electron chi connectivity index (χ4n) is 1.13. The summed E-state index contributed by atoms with van der Waals surface area (Å²) in [5.74, 6) is -0.842. The van der Waals surface area contributed by atoms with Gasteiger partial charge in [-0.05, 0) is 20.8 Å². The van der Waals surface area contributed by atoms with Crippen molar-refractivity contribution in [2.45, 2.75) is 39.7 Å². The number of nitrogens with two attached hydrogens (primary N) is 1. The van der Waals surface area contributed by atoms with Crippen LogP contribution in [0.2, 0.25) is 0 Å². The maximum atomic E-state index is 10.7. The van der Waals surface area contributed by atoms with Gasteiger partial charge in [0.2, 0.25) is 0 Å². The second-order valence-electron chi connectivity index (χ2n) is 4.49. The molecule has 4 nitrogen and oxygen atoms in total. The summed E-state index contributed by atoms with van der Waals surface area (Å²) in [7, 11) is 0. The average Bonchev–Trinajstić information content (AvgIpc) is 1.97. The summed E-state index contributed by atoms with van der Waals surface area (Å²) >= 11 is 0. The molecule has 0 aliphatic carbocycles. The third kappa shape index (κ3) is 3.64. The molecule has 0 fully saturated rings. The Labute approximate surface area is 85.4 Å². The number of hydrogen-bond donors (Lipinski definition) is 2. The Morgan fingerprint density at radius 1 is 1.43 bits per heavy atom. The van der Waals surface area contributed by atoms with E-state index in [9.17, 15) is 4.79 Å². The molecule has 84 valence electrons. The first kappa shape index (κ1) is 13.4. The van der Waals surface area contributed by atoms with E-state index in [0.29, 0.717) is 13.2 Å². The van der Waals surface area contributed by atoms with E-state index in [1.165, 1.54) is 0 Å². The summed E-state index contributed by atoms with van der Waals surface area (Å²) in [4.78, 5) is 10.7. The zero-order valence-corrected chi connectivity index (χ0v) is 9.46. The predicted octanol–water partition coefficient (Wildman–Crippen LogP) is 1.24. The van der Waals surface area contributed by atoms with E-state index in [2.05, 4.69) is 0 Å². The van der Waals surface area contributed by atoms with E-state index >= 15 is 0 Å². The number of rotatable bonds is 6. The third-order valence-electron chi connectivity index (χ3n) is 2.72. The van der Waals surface area contributed by atoms with Gasteiger partial charge < -0.3 is 15.6 Å². The zero-order chi connectivity index (χ0) is 11.4. The van der Waals surface area contributed by atoms with Gasteiger partial charge in [0.15, 0.2) is 0 Å². The Hall–Kier alpha value is -0.610. The lowest BCUT2D eigenvalue weighted by Crippen LogP contribution is -2.52. The molecule has 0 radical (unpaired) electrons. The maximum absolute atomic E-state index is 10.7. The maximum Gasteiger partial charge on any atom is 0.304 e. The molecular formula is C10H21NO3. The molecule has 0 aliphatic rings. The SMILES string of the molecule is CCOCC(C)(CC(=O)O)C(C)(C)N. The van der Waals surface area contributed by atoms with E-state index < -0.39 is 16.9 Å². The van der Waals surface area contributed by atoms with Gasteiger partial charge in [-0.25, -0.2) is 0 Å². The summed E-state index contributed by atoms with van der Waals surface area (Å²) in [5.41, 5.74) is 4.86. The van der Waals surface area contributed by atoms with Crippen molar-refractivity contribution < 1.29 is 14.6 Å². The van der Waals surface area contributed by atoms with Crippen LogP contribution < -0.4 is 5.73 Å². The second kappa shape index (κ2) is 4.75. The van der Waals surface area contributed by atoms with Crippen LogP contribution in [0.1, 0.15) is 34.1 Å². The Balaban J connectivity index is 4.58. The fourth-order valence-corrected chi connectivity index (χ4v) is 1.13. The molecule has 0 heterocycles. The lowest BCUT2D eigenvalue weighted by Gasteiger charge is -2.40. The smallest absolute Gasteiger partial charge is 0.304 e. The number of hydrogen-bond acceptors (Lipinski definition) is 3. The van der Waals surface area contributed by atoms with Gasteiger partial charge in [-0.2, -0.15) is 0 Å². The number of carbonyl (C=O) groups is 1. The van der Waals surface area contributed by atoms with E-state index in [1.54, 1.807) is 0 Å². The van der Waals surface area contributed by atoms with E-state index in [1.807, 2.05) is 27.7 Å². The number of ether oxygens (including phenoxy) is 1. The largest absolute Gasteiger partial charge is 0.481 e. The topological polar surface area (TPSA) is 72.5 Å². The first-order chi connectivity index (χ1) is 6.23. The first-order valence-electron chi connectivity index (χ1n) is 4.81. The molecule has 0 bridgehead atoms. The van der Waals surface area contributed by atoms with Crippen LogP contribution in [-0.4, -0.2) is 29.8 Å². The van der Waals surface area contributed by atoms with Crippen LogP contribution in [0.3, 0.4) is 0 Å². The van der Waals surface area contributed by atoms with E-state index in [-0.39, 0.29) is 6.42 Å². The Bertz CT molecular complexity index is 198. The van der Waals surface area contributed by atoms with Gasteiger partial charge in [-0.15, -0.1) is 0 Å². The van der Waals surface area contributed by atoms with Crippen LogP contribution in [0, 0.1) is 5.41 Å². The van der Waals surface area contributed by atoms with Crippen LogP contribution in [0.4, 0.5) is 0 Å². The van der Waals surface area contributed by atoms with Gasteiger partial charge in [-0.3, -0.25) is 4.79 Å². The second-order valence-corrected chi connectivity index (χ2v) is 4.49. The number of carboxylic acid groups (broad SMARTS) is 1. The summed E-state index contributed by atoms with van der Waals surface area (Å²) in [5, 5.41) is 8.80. The van der Waals surface area contributed by atoms with Crippen molar-refractivity contribution in [2.24, 2.45) is 11.1 Å². The first-order valence-corrected chi connectivity index (χ1v) is 4.81. The third-order valence-corrected chi connectivity index (χ3v) is 2.72. The van der Waals surface area contributed by atoms with E-state index in [0.717, 1.165) is 0 Å². The minimum absolute atomic E-state index is 0.0243. The molecule has 0 amide bonds. The summed E-state index contributed by atoms with van der Waals surface area (Å²) in [6.07, 6.45) is 0.0243. The molecular weight excluding hydrogens is 182 g/mol. The van der Waals surface area contributed by atoms with Crippen LogP contribution in [0.15, 0.2) is 0 Å². The molecule has 0 saturated carbocycles. The molecule has 0 rings (SSSR count). The van der Waals surface area contributed by atoms with Crippen LogP contribution in [-0.2, 0) is 9.53 Å². The zero-order valence-electron chi connectivity index (χ0n) is 9.46.